The Morgan fingerprint density at radius 2 is 2.05 bits per heavy atom. The number of ether oxygens (including phenoxy) is 1. The molecular formula is C17H28O2. The first-order valence-corrected chi connectivity index (χ1v) is 7.29. The van der Waals surface area contributed by atoms with Crippen molar-refractivity contribution in [3.8, 4) is 0 Å². The van der Waals surface area contributed by atoms with Crippen molar-refractivity contribution in [2.24, 2.45) is 17.3 Å². The molecule has 0 bridgehead atoms. The maximum absolute atomic E-state index is 11.5. The largest absolute Gasteiger partial charge is 0.458 e. The van der Waals surface area contributed by atoms with E-state index in [1.807, 2.05) is 26.8 Å². The molecular weight excluding hydrogens is 236 g/mol. The van der Waals surface area contributed by atoms with Crippen LogP contribution in [0, 0.1) is 17.3 Å². The lowest BCUT2D eigenvalue weighted by atomic mass is 9.68. The number of hydrogen-bond acceptors (Lipinski definition) is 2. The van der Waals surface area contributed by atoms with Crippen LogP contribution in [-0.4, -0.2) is 12.1 Å². The molecule has 0 amide bonds. The molecule has 0 spiro atoms. The SMILES string of the molecule is CC1=CCCC(C)(C)[C@@H]1/C=C/[C@@H](C)OC(=O)C(C)C. The highest BCUT2D eigenvalue weighted by Crippen LogP contribution is 2.41. The van der Waals surface area contributed by atoms with Crippen molar-refractivity contribution >= 4 is 5.97 Å². The van der Waals surface area contributed by atoms with E-state index >= 15 is 0 Å². The van der Waals surface area contributed by atoms with Gasteiger partial charge in [-0.2, -0.15) is 0 Å². The van der Waals surface area contributed by atoms with Crippen molar-refractivity contribution in [1.29, 1.82) is 0 Å². The predicted molar refractivity (Wildman–Crippen MR) is 79.8 cm³/mol. The van der Waals surface area contributed by atoms with Gasteiger partial charge < -0.3 is 4.74 Å². The summed E-state index contributed by atoms with van der Waals surface area (Å²) in [4.78, 5) is 11.5. The molecule has 19 heavy (non-hydrogen) atoms. The molecule has 0 aliphatic heterocycles. The van der Waals surface area contributed by atoms with E-state index in [1.165, 1.54) is 18.4 Å². The van der Waals surface area contributed by atoms with Gasteiger partial charge in [0.2, 0.25) is 0 Å². The summed E-state index contributed by atoms with van der Waals surface area (Å²) in [5.41, 5.74) is 1.71. The molecule has 0 saturated carbocycles. The van der Waals surface area contributed by atoms with Crippen molar-refractivity contribution in [3.63, 3.8) is 0 Å². The summed E-state index contributed by atoms with van der Waals surface area (Å²) in [6.07, 6.45) is 8.78. The molecule has 1 aliphatic carbocycles. The Bertz CT molecular complexity index is 375. The number of carbonyl (C=O) groups is 1. The zero-order valence-corrected chi connectivity index (χ0v) is 13.2. The smallest absolute Gasteiger partial charge is 0.308 e. The standard InChI is InChI=1S/C17H28O2/c1-12(2)16(18)19-14(4)9-10-15-13(3)8-7-11-17(15,5)6/h8-10,12,14-15H,7,11H2,1-6H3/b10-9+/t14-,15-/m1/s1. The average molecular weight is 264 g/mol. The molecule has 1 aliphatic rings. The van der Waals surface area contributed by atoms with Crippen molar-refractivity contribution in [2.75, 3.05) is 0 Å². The topological polar surface area (TPSA) is 26.3 Å². The van der Waals surface area contributed by atoms with Gasteiger partial charge in [-0.05, 0) is 38.2 Å². The molecule has 2 heteroatoms. The monoisotopic (exact) mass is 264 g/mol. The summed E-state index contributed by atoms with van der Waals surface area (Å²) in [5.74, 6) is 0.248. The van der Waals surface area contributed by atoms with E-state index in [1.54, 1.807) is 0 Å². The molecule has 2 nitrogen and oxygen atoms in total. The van der Waals surface area contributed by atoms with E-state index in [0.717, 1.165) is 0 Å². The Hall–Kier alpha value is -1.05. The average Bonchev–Trinajstić information content (AvgIpc) is 2.27. The van der Waals surface area contributed by atoms with Crippen molar-refractivity contribution < 1.29 is 9.53 Å². The Labute approximate surface area is 117 Å². The highest BCUT2D eigenvalue weighted by Gasteiger charge is 2.30. The van der Waals surface area contributed by atoms with Gasteiger partial charge >= 0.3 is 5.97 Å². The molecule has 0 heterocycles. The van der Waals surface area contributed by atoms with Crippen molar-refractivity contribution in [1.82, 2.24) is 0 Å². The number of carbonyl (C=O) groups excluding carboxylic acids is 1. The van der Waals surface area contributed by atoms with Crippen LogP contribution in [0.4, 0.5) is 0 Å². The van der Waals surface area contributed by atoms with Gasteiger partial charge in [0, 0.05) is 5.92 Å². The number of allylic oxidation sites excluding steroid dienone is 3. The third kappa shape index (κ3) is 4.52. The first-order valence-electron chi connectivity index (χ1n) is 7.29. The maximum Gasteiger partial charge on any atom is 0.308 e. The lowest BCUT2D eigenvalue weighted by Crippen LogP contribution is -2.26. The van der Waals surface area contributed by atoms with Crippen LogP contribution < -0.4 is 0 Å². The maximum atomic E-state index is 11.5. The quantitative estimate of drug-likeness (QED) is 0.551. The van der Waals surface area contributed by atoms with Gasteiger partial charge in [-0.15, -0.1) is 0 Å². The molecule has 1 rings (SSSR count). The summed E-state index contributed by atoms with van der Waals surface area (Å²) in [6, 6.07) is 0. The highest BCUT2D eigenvalue weighted by molar-refractivity contribution is 5.71. The van der Waals surface area contributed by atoms with Gasteiger partial charge in [-0.3, -0.25) is 4.79 Å². The zero-order chi connectivity index (χ0) is 14.6. The normalized spacial score (nSPS) is 24.4. The summed E-state index contributed by atoms with van der Waals surface area (Å²) in [5, 5.41) is 0. The zero-order valence-electron chi connectivity index (χ0n) is 13.2. The second kappa shape index (κ2) is 6.40. The number of esters is 1. The summed E-state index contributed by atoms with van der Waals surface area (Å²) >= 11 is 0. The lowest BCUT2D eigenvalue weighted by Gasteiger charge is -2.36. The minimum atomic E-state index is -0.152. The molecule has 0 N–H and O–H groups in total. The molecule has 108 valence electrons. The van der Waals surface area contributed by atoms with Crippen LogP contribution in [0.25, 0.3) is 0 Å². The minimum Gasteiger partial charge on any atom is -0.458 e. The lowest BCUT2D eigenvalue weighted by molar-refractivity contribution is -0.149. The predicted octanol–water partition coefficient (Wildman–Crippen LogP) is 4.51. The molecule has 0 aromatic carbocycles. The van der Waals surface area contributed by atoms with Gasteiger partial charge in [0.1, 0.15) is 6.10 Å². The van der Waals surface area contributed by atoms with Crippen molar-refractivity contribution in [3.05, 3.63) is 23.8 Å². The number of hydrogen-bond donors (Lipinski definition) is 0. The van der Waals surface area contributed by atoms with Gasteiger partial charge in [-0.25, -0.2) is 0 Å². The van der Waals surface area contributed by atoms with E-state index in [2.05, 4.69) is 32.9 Å². The Morgan fingerprint density at radius 1 is 1.42 bits per heavy atom. The van der Waals surface area contributed by atoms with Crippen LogP contribution in [0.5, 0.6) is 0 Å². The first kappa shape index (κ1) is 16.0. The number of rotatable bonds is 4. The Morgan fingerprint density at radius 3 is 2.58 bits per heavy atom. The first-order chi connectivity index (χ1) is 8.74. The van der Waals surface area contributed by atoms with Crippen LogP contribution in [0.3, 0.4) is 0 Å². The van der Waals surface area contributed by atoms with Crippen LogP contribution in [0.2, 0.25) is 0 Å². The summed E-state index contributed by atoms with van der Waals surface area (Å²) in [7, 11) is 0. The molecule has 0 aromatic rings. The second-order valence-electron chi connectivity index (χ2n) is 6.63. The molecule has 2 atom stereocenters. The van der Waals surface area contributed by atoms with Crippen LogP contribution in [-0.2, 0) is 9.53 Å². The van der Waals surface area contributed by atoms with Gasteiger partial charge in [0.25, 0.3) is 0 Å². The molecule has 0 unspecified atom stereocenters. The molecule has 0 saturated heterocycles. The third-order valence-corrected chi connectivity index (χ3v) is 3.94. The van der Waals surface area contributed by atoms with Crippen LogP contribution >= 0.6 is 0 Å². The van der Waals surface area contributed by atoms with Gasteiger partial charge in [-0.1, -0.05) is 45.4 Å². The fourth-order valence-electron chi connectivity index (χ4n) is 2.61. The highest BCUT2D eigenvalue weighted by atomic mass is 16.5. The van der Waals surface area contributed by atoms with Crippen LogP contribution in [0.15, 0.2) is 23.8 Å². The summed E-state index contributed by atoms with van der Waals surface area (Å²) in [6.45, 7) is 12.4. The molecule has 0 fully saturated rings. The third-order valence-electron chi connectivity index (χ3n) is 3.94. The summed E-state index contributed by atoms with van der Waals surface area (Å²) < 4.78 is 5.36. The second-order valence-corrected chi connectivity index (χ2v) is 6.63. The van der Waals surface area contributed by atoms with Gasteiger partial charge in [0.15, 0.2) is 0 Å². The Kier molecular flexibility index (Phi) is 5.39. The van der Waals surface area contributed by atoms with E-state index in [4.69, 9.17) is 4.74 Å². The van der Waals surface area contributed by atoms with Crippen molar-refractivity contribution in [2.45, 2.75) is 60.5 Å². The Balaban J connectivity index is 2.67. The van der Waals surface area contributed by atoms with E-state index in [9.17, 15) is 4.79 Å². The van der Waals surface area contributed by atoms with E-state index < -0.39 is 0 Å². The van der Waals surface area contributed by atoms with Gasteiger partial charge in [0.05, 0.1) is 5.92 Å². The molecule has 0 aromatic heterocycles. The molecule has 0 radical (unpaired) electrons. The van der Waals surface area contributed by atoms with E-state index in [0.29, 0.717) is 5.92 Å². The fourth-order valence-corrected chi connectivity index (χ4v) is 2.61. The van der Waals surface area contributed by atoms with Crippen LogP contribution in [0.1, 0.15) is 54.4 Å². The minimum absolute atomic E-state index is 0.0661. The van der Waals surface area contributed by atoms with E-state index in [-0.39, 0.29) is 23.4 Å². The fraction of sp³-hybridized carbons (Fsp3) is 0.706.